The Hall–Kier alpha value is -1.06. The first-order valence-corrected chi connectivity index (χ1v) is 5.58. The van der Waals surface area contributed by atoms with Crippen LogP contribution in [0.2, 0.25) is 0 Å². The molecule has 1 unspecified atom stereocenters. The van der Waals surface area contributed by atoms with Crippen LogP contribution >= 0.6 is 0 Å². The third-order valence-corrected chi connectivity index (χ3v) is 2.58. The standard InChI is InChI=1S/C17H27NO2/c1-18(2)13-16(17(19)11-5-4-6-12-17)14-7-9-15(20-3)10-8-14/h7-10,16,19H,4-6,11-13H2,1-3H3/i1D3,2D3,4D2,5D2,6D2,11D2,12D2,13D2,16D. The topological polar surface area (TPSA) is 32.7 Å². The fraction of sp³-hybridized carbons (Fsp3) is 0.647. The highest BCUT2D eigenvalue weighted by Gasteiger charge is 2.38. The third kappa shape index (κ3) is 3.53. The van der Waals surface area contributed by atoms with E-state index in [2.05, 4.69) is 0 Å². The van der Waals surface area contributed by atoms with Gasteiger partial charge in [0, 0.05) is 38.4 Å². The van der Waals surface area contributed by atoms with Crippen LogP contribution in [0.4, 0.5) is 0 Å². The van der Waals surface area contributed by atoms with Crippen molar-refractivity contribution in [2.45, 2.75) is 43.4 Å². The normalized spacial score (nSPS) is 50.0. The minimum Gasteiger partial charge on any atom is -0.497 e. The predicted octanol–water partition coefficient (Wildman–Crippen LogP) is 3.04. The number of methoxy groups -OCH3 is 1. The average molecular weight is 297 g/mol. The van der Waals surface area contributed by atoms with Crippen LogP contribution in [0.3, 0.4) is 0 Å². The molecule has 3 heteroatoms. The Morgan fingerprint density at radius 1 is 1.40 bits per heavy atom. The molecule has 0 amide bonds. The number of likely N-dealkylation sites (N-methyl/N-ethyl adjacent to an activating group) is 1. The highest BCUT2D eigenvalue weighted by Crippen LogP contribution is 2.40. The Morgan fingerprint density at radius 3 is 2.60 bits per heavy atom. The maximum Gasteiger partial charge on any atom is 0.118 e. The summed E-state index contributed by atoms with van der Waals surface area (Å²) in [6, 6.07) is 3.45. The number of benzene rings is 1. The Morgan fingerprint density at radius 2 is 2.05 bits per heavy atom. The van der Waals surface area contributed by atoms with Crippen molar-refractivity contribution >= 4 is 0 Å². The number of hydrogen-bond donors (Lipinski definition) is 1. The highest BCUT2D eigenvalue weighted by atomic mass is 16.5. The van der Waals surface area contributed by atoms with Gasteiger partial charge >= 0.3 is 0 Å². The molecule has 0 aliphatic heterocycles. The first-order chi connectivity index (χ1) is 16.9. The minimum absolute atomic E-state index is 0.00816. The molecule has 3 nitrogen and oxygen atoms in total. The largest absolute Gasteiger partial charge is 0.497 e. The fourth-order valence-corrected chi connectivity index (χ4v) is 1.65. The van der Waals surface area contributed by atoms with Gasteiger partial charge in [0.05, 0.1) is 12.7 Å². The van der Waals surface area contributed by atoms with Crippen LogP contribution in [0.25, 0.3) is 0 Å². The van der Waals surface area contributed by atoms with E-state index in [-0.39, 0.29) is 5.75 Å². The third-order valence-electron chi connectivity index (χ3n) is 2.58. The average Bonchev–Trinajstić information content (AvgIpc) is 2.73. The summed E-state index contributed by atoms with van der Waals surface area (Å²) in [4.78, 5) is -0.872. The molecule has 112 valence electrons. The molecule has 0 aromatic heterocycles. The van der Waals surface area contributed by atoms with Crippen LogP contribution in [-0.4, -0.2) is 43.2 Å². The Kier molecular flexibility index (Phi) is 1.33. The monoisotopic (exact) mass is 296 g/mol. The molecular formula is C17H27NO2. The zero-order valence-electron chi connectivity index (χ0n) is 29.6. The molecular weight excluding hydrogens is 250 g/mol. The zero-order chi connectivity index (χ0) is 31.3. The van der Waals surface area contributed by atoms with E-state index in [0.29, 0.717) is 0 Å². The van der Waals surface area contributed by atoms with E-state index < -0.39 is 74.3 Å². The summed E-state index contributed by atoms with van der Waals surface area (Å²) in [7, 11) is 1.18. The summed E-state index contributed by atoms with van der Waals surface area (Å²) in [6.07, 6.45) is -21.4. The number of aliphatic hydroxyl groups is 1. The molecule has 1 aromatic rings. The van der Waals surface area contributed by atoms with Crippen molar-refractivity contribution in [2.75, 3.05) is 27.6 Å². The van der Waals surface area contributed by atoms with Crippen molar-refractivity contribution in [3.63, 3.8) is 0 Å². The zero-order valence-corrected chi connectivity index (χ0v) is 10.6. The molecule has 1 fully saturated rings. The molecule has 0 saturated heterocycles. The summed E-state index contributed by atoms with van der Waals surface area (Å²) in [5.41, 5.74) is -5.67. The lowest BCUT2D eigenvalue weighted by Gasteiger charge is -2.40. The molecule has 2 rings (SSSR count). The number of rotatable bonds is 5. The first kappa shape index (κ1) is 4.02. The maximum atomic E-state index is 12.0. The fourth-order valence-electron chi connectivity index (χ4n) is 1.65. The second kappa shape index (κ2) is 6.59. The van der Waals surface area contributed by atoms with Crippen molar-refractivity contribution in [3.8, 4) is 5.75 Å². The van der Waals surface area contributed by atoms with Crippen molar-refractivity contribution in [1.82, 2.24) is 4.90 Å². The summed E-state index contributed by atoms with van der Waals surface area (Å²) in [5, 5.41) is 12.0. The van der Waals surface area contributed by atoms with Crippen LogP contribution in [0.5, 0.6) is 5.75 Å². The second-order valence-corrected chi connectivity index (χ2v) is 3.89. The smallest absolute Gasteiger partial charge is 0.118 e. The highest BCUT2D eigenvalue weighted by molar-refractivity contribution is 5.31. The Labute approximate surface area is 149 Å². The van der Waals surface area contributed by atoms with Gasteiger partial charge in [-0.05, 0) is 44.4 Å². The molecule has 1 N–H and O–H groups in total. The van der Waals surface area contributed by atoms with E-state index >= 15 is 0 Å². The van der Waals surface area contributed by atoms with Gasteiger partial charge in [0.1, 0.15) is 5.75 Å². The molecule has 1 aromatic carbocycles. The van der Waals surface area contributed by atoms with E-state index in [1.807, 2.05) is 0 Å². The van der Waals surface area contributed by atoms with Crippen molar-refractivity contribution in [3.05, 3.63) is 29.8 Å². The number of ether oxygens (including phenoxy) is 1. The van der Waals surface area contributed by atoms with Gasteiger partial charge in [-0.3, -0.25) is 0 Å². The molecule has 0 bridgehead atoms. The lowest BCUT2D eigenvalue weighted by Crippen LogP contribution is -2.42. The van der Waals surface area contributed by atoms with E-state index in [1.165, 1.54) is 7.11 Å². The Balaban J connectivity index is 3.29. The van der Waals surface area contributed by atoms with Gasteiger partial charge in [-0.1, -0.05) is 31.3 Å². The predicted molar refractivity (Wildman–Crippen MR) is 82.3 cm³/mol. The Bertz CT molecular complexity index is 1030. The summed E-state index contributed by atoms with van der Waals surface area (Å²) < 4.78 is 160. The molecule has 0 spiro atoms. The quantitative estimate of drug-likeness (QED) is 0.906. The van der Waals surface area contributed by atoms with Gasteiger partial charge < -0.3 is 14.7 Å². The van der Waals surface area contributed by atoms with Crippen LogP contribution in [-0.2, 0) is 0 Å². The van der Waals surface area contributed by atoms with Crippen molar-refractivity contribution < 1.29 is 35.9 Å². The van der Waals surface area contributed by atoms with Crippen molar-refractivity contribution in [1.29, 1.82) is 0 Å². The van der Waals surface area contributed by atoms with E-state index in [9.17, 15) is 6.48 Å². The summed E-state index contributed by atoms with van der Waals surface area (Å²) in [6.45, 7) is -12.3. The lowest BCUT2D eigenvalue weighted by atomic mass is 9.72. The van der Waals surface area contributed by atoms with Crippen LogP contribution in [0.1, 0.15) is 69.4 Å². The lowest BCUT2D eigenvalue weighted by molar-refractivity contribution is -0.0277. The SMILES string of the molecule is [2H]C([2H])([2H])N(C([2H])([2H])[2H])C([2H])([2H])C([2H])(c1ccc(OC)cc1)C1(O)C([2H])([2H])C([2H])([2H])C([2H])([2H])C([2H])([2H])C1([2H])[2H]. The maximum absolute atomic E-state index is 12.0. The van der Waals surface area contributed by atoms with E-state index in [4.69, 9.17) is 29.4 Å². The van der Waals surface area contributed by atoms with E-state index in [0.717, 1.165) is 24.3 Å². The second-order valence-electron chi connectivity index (χ2n) is 3.89. The molecule has 0 heterocycles. The molecule has 20 heavy (non-hydrogen) atoms. The van der Waals surface area contributed by atoms with Crippen molar-refractivity contribution in [2.24, 2.45) is 0 Å². The van der Waals surface area contributed by atoms with Gasteiger partial charge in [-0.15, -0.1) is 0 Å². The van der Waals surface area contributed by atoms with Crippen LogP contribution in [0.15, 0.2) is 24.3 Å². The van der Waals surface area contributed by atoms with Gasteiger partial charge in [0.15, 0.2) is 0 Å². The first-order valence-electron chi connectivity index (χ1n) is 15.1. The van der Waals surface area contributed by atoms with Gasteiger partial charge in [0.2, 0.25) is 0 Å². The van der Waals surface area contributed by atoms with Crippen LogP contribution in [0, 0.1) is 0 Å². The van der Waals surface area contributed by atoms with Gasteiger partial charge in [0.25, 0.3) is 0 Å². The molecule has 1 saturated carbocycles. The molecule has 1 aliphatic rings. The molecule has 0 radical (unpaired) electrons. The van der Waals surface area contributed by atoms with Crippen LogP contribution < -0.4 is 4.74 Å². The summed E-state index contributed by atoms with van der Waals surface area (Å²) in [5.74, 6) is -4.23. The number of hydrogen-bond acceptors (Lipinski definition) is 3. The van der Waals surface area contributed by atoms with Gasteiger partial charge in [-0.25, -0.2) is 0 Å². The minimum atomic E-state index is -4.67. The van der Waals surface area contributed by atoms with Gasteiger partial charge in [-0.2, -0.15) is 0 Å². The molecule has 1 atom stereocenters. The summed E-state index contributed by atoms with van der Waals surface area (Å²) >= 11 is 0. The molecule has 1 aliphatic carbocycles. The number of nitrogens with zero attached hydrogens (tertiary/aromatic N) is 1. The van der Waals surface area contributed by atoms with E-state index in [1.54, 1.807) is 0 Å².